The lowest BCUT2D eigenvalue weighted by Gasteiger charge is -2.20. The molecule has 0 radical (unpaired) electrons. The molecule has 1 aliphatic heterocycles. The average molecular weight is 363 g/mol. The summed E-state index contributed by atoms with van der Waals surface area (Å²) in [7, 11) is 0. The molecule has 0 amide bonds. The van der Waals surface area contributed by atoms with Crippen molar-refractivity contribution < 1.29 is 0 Å². The highest BCUT2D eigenvalue weighted by Crippen LogP contribution is 2.12. The summed E-state index contributed by atoms with van der Waals surface area (Å²) in [5.41, 5.74) is 1.01. The monoisotopic (exact) mass is 362 g/mol. The van der Waals surface area contributed by atoms with Crippen molar-refractivity contribution in [3.63, 3.8) is 0 Å². The Balaban J connectivity index is 1.42. The third-order valence-corrected chi connectivity index (χ3v) is 5.30. The first-order valence-corrected chi connectivity index (χ1v) is 10.4. The minimum Gasteiger partial charge on any atom is -0.357 e. The Hall–Kier alpha value is -1.60. The van der Waals surface area contributed by atoms with E-state index in [2.05, 4.69) is 43.0 Å². The van der Waals surface area contributed by atoms with Crippen molar-refractivity contribution in [2.24, 2.45) is 4.99 Å². The van der Waals surface area contributed by atoms with E-state index in [1.165, 1.54) is 45.3 Å². The van der Waals surface area contributed by atoms with Gasteiger partial charge < -0.3 is 15.5 Å². The van der Waals surface area contributed by atoms with Crippen LogP contribution in [-0.4, -0.2) is 53.0 Å². The molecule has 0 aromatic carbocycles. The van der Waals surface area contributed by atoms with Crippen molar-refractivity contribution in [2.45, 2.75) is 45.6 Å². The lowest BCUT2D eigenvalue weighted by molar-refractivity contribution is 0.282. The van der Waals surface area contributed by atoms with Gasteiger partial charge in [-0.1, -0.05) is 12.8 Å². The highest BCUT2D eigenvalue weighted by molar-refractivity contribution is 7.15. The van der Waals surface area contributed by atoms with Crippen LogP contribution < -0.4 is 10.6 Å². The number of likely N-dealkylation sites (tertiary alicyclic amines) is 1. The van der Waals surface area contributed by atoms with Crippen LogP contribution in [0.1, 0.15) is 44.7 Å². The van der Waals surface area contributed by atoms with Crippen LogP contribution in [0.2, 0.25) is 0 Å². The molecule has 2 N–H and O–H groups in total. The van der Waals surface area contributed by atoms with E-state index in [-0.39, 0.29) is 0 Å². The molecular formula is C18H30N6S. The minimum atomic E-state index is 0.607. The van der Waals surface area contributed by atoms with Crippen molar-refractivity contribution >= 4 is 22.3 Å². The molecule has 0 saturated carbocycles. The zero-order valence-corrected chi connectivity index (χ0v) is 16.0. The Kier molecular flexibility index (Phi) is 7.11. The Morgan fingerprint density at radius 1 is 1.24 bits per heavy atom. The summed E-state index contributed by atoms with van der Waals surface area (Å²) in [5.74, 6) is 0.884. The molecule has 0 atom stereocenters. The molecule has 6 nitrogen and oxygen atoms in total. The van der Waals surface area contributed by atoms with Gasteiger partial charge in [-0.05, 0) is 45.8 Å². The lowest BCUT2D eigenvalue weighted by atomic mass is 10.2. The fourth-order valence-electron chi connectivity index (χ4n) is 3.22. The van der Waals surface area contributed by atoms with Crippen LogP contribution in [0, 0.1) is 0 Å². The van der Waals surface area contributed by atoms with Crippen molar-refractivity contribution in [1.29, 1.82) is 0 Å². The molecule has 2 aromatic heterocycles. The Morgan fingerprint density at radius 2 is 2.08 bits per heavy atom. The van der Waals surface area contributed by atoms with E-state index in [1.54, 1.807) is 11.3 Å². The van der Waals surface area contributed by atoms with E-state index in [0.29, 0.717) is 6.54 Å². The van der Waals surface area contributed by atoms with Crippen molar-refractivity contribution in [3.8, 4) is 0 Å². The molecule has 0 aliphatic carbocycles. The number of nitrogens with zero attached hydrogens (tertiary/aromatic N) is 4. The van der Waals surface area contributed by atoms with Gasteiger partial charge in [-0.25, -0.2) is 9.98 Å². The second-order valence-corrected chi connectivity index (χ2v) is 7.43. The third kappa shape index (κ3) is 5.71. The van der Waals surface area contributed by atoms with E-state index in [1.807, 2.05) is 11.6 Å². The maximum absolute atomic E-state index is 4.67. The van der Waals surface area contributed by atoms with Crippen LogP contribution in [0.25, 0.3) is 4.96 Å². The molecule has 138 valence electrons. The first kappa shape index (κ1) is 18.2. The van der Waals surface area contributed by atoms with Gasteiger partial charge in [-0.2, -0.15) is 0 Å². The number of nitrogens with one attached hydrogen (secondary N) is 2. The molecule has 0 bridgehead atoms. The highest BCUT2D eigenvalue weighted by atomic mass is 32.1. The van der Waals surface area contributed by atoms with Crippen molar-refractivity contribution in [3.05, 3.63) is 23.5 Å². The predicted molar refractivity (Wildman–Crippen MR) is 105 cm³/mol. The normalized spacial score (nSPS) is 16.9. The fraction of sp³-hybridized carbons (Fsp3) is 0.667. The van der Waals surface area contributed by atoms with E-state index in [0.717, 1.165) is 36.1 Å². The summed E-state index contributed by atoms with van der Waals surface area (Å²) in [6.45, 7) is 8.26. The van der Waals surface area contributed by atoms with Gasteiger partial charge in [0.1, 0.15) is 0 Å². The van der Waals surface area contributed by atoms with Gasteiger partial charge >= 0.3 is 0 Å². The summed E-state index contributed by atoms with van der Waals surface area (Å²) >= 11 is 1.65. The Labute approximate surface area is 154 Å². The van der Waals surface area contributed by atoms with Gasteiger partial charge in [0.15, 0.2) is 10.9 Å². The van der Waals surface area contributed by atoms with Gasteiger partial charge in [0.2, 0.25) is 0 Å². The number of fused-ring (bicyclic) bond motifs is 1. The fourth-order valence-corrected chi connectivity index (χ4v) is 3.94. The maximum Gasteiger partial charge on any atom is 0.193 e. The van der Waals surface area contributed by atoms with Crippen LogP contribution in [0.15, 0.2) is 22.8 Å². The van der Waals surface area contributed by atoms with Crippen LogP contribution in [0.3, 0.4) is 0 Å². The van der Waals surface area contributed by atoms with E-state index in [4.69, 9.17) is 0 Å². The second kappa shape index (κ2) is 9.77. The number of aromatic nitrogens is 2. The van der Waals surface area contributed by atoms with Gasteiger partial charge in [0.05, 0.1) is 12.2 Å². The molecule has 1 saturated heterocycles. The highest BCUT2D eigenvalue weighted by Gasteiger charge is 2.08. The number of rotatable bonds is 7. The minimum absolute atomic E-state index is 0.607. The first-order chi connectivity index (χ1) is 12.3. The van der Waals surface area contributed by atoms with Gasteiger partial charge in [-0.15, -0.1) is 11.3 Å². The van der Waals surface area contributed by atoms with Gasteiger partial charge in [0, 0.05) is 30.9 Å². The topological polar surface area (TPSA) is 57.0 Å². The number of imidazole rings is 1. The summed E-state index contributed by atoms with van der Waals surface area (Å²) in [6, 6.07) is 0. The lowest BCUT2D eigenvalue weighted by Crippen LogP contribution is -2.39. The molecule has 7 heteroatoms. The van der Waals surface area contributed by atoms with E-state index < -0.39 is 0 Å². The van der Waals surface area contributed by atoms with Crippen molar-refractivity contribution in [1.82, 2.24) is 24.9 Å². The van der Waals surface area contributed by atoms with Crippen LogP contribution in [0.5, 0.6) is 0 Å². The molecule has 3 heterocycles. The van der Waals surface area contributed by atoms with Crippen molar-refractivity contribution in [2.75, 3.05) is 32.7 Å². The van der Waals surface area contributed by atoms with Crippen LogP contribution in [0.4, 0.5) is 0 Å². The summed E-state index contributed by atoms with van der Waals surface area (Å²) < 4.78 is 2.05. The van der Waals surface area contributed by atoms with E-state index in [9.17, 15) is 0 Å². The standard InChI is InChI=1S/C18H30N6S/c1-2-19-17(20-8-7-11-23-9-5-3-4-6-10-23)21-14-16-15-24-12-13-25-18(24)22-16/h12-13,15H,2-11,14H2,1H3,(H2,19,20,21). The molecule has 1 aliphatic rings. The summed E-state index contributed by atoms with van der Waals surface area (Å²) in [5, 5.41) is 8.82. The number of aliphatic imine (C=N–C) groups is 1. The predicted octanol–water partition coefficient (Wildman–Crippen LogP) is 2.72. The molecular weight excluding hydrogens is 332 g/mol. The molecule has 0 unspecified atom stereocenters. The molecule has 25 heavy (non-hydrogen) atoms. The second-order valence-electron chi connectivity index (χ2n) is 6.56. The molecule has 2 aromatic rings. The van der Waals surface area contributed by atoms with Crippen LogP contribution in [-0.2, 0) is 6.54 Å². The number of thiazole rings is 1. The number of guanidine groups is 1. The van der Waals surface area contributed by atoms with E-state index >= 15 is 0 Å². The smallest absolute Gasteiger partial charge is 0.193 e. The number of hydrogen-bond donors (Lipinski definition) is 2. The largest absolute Gasteiger partial charge is 0.357 e. The third-order valence-electron chi connectivity index (χ3n) is 4.53. The quantitative estimate of drug-likeness (QED) is 0.452. The zero-order chi connectivity index (χ0) is 17.3. The summed E-state index contributed by atoms with van der Waals surface area (Å²) in [4.78, 5) is 12.9. The SMILES string of the molecule is CCNC(=NCc1cn2ccsc2n1)NCCCN1CCCCCC1. The molecule has 3 rings (SSSR count). The van der Waals surface area contributed by atoms with Crippen LogP contribution >= 0.6 is 11.3 Å². The maximum atomic E-state index is 4.67. The number of hydrogen-bond acceptors (Lipinski definition) is 4. The zero-order valence-electron chi connectivity index (χ0n) is 15.2. The van der Waals surface area contributed by atoms with Gasteiger partial charge in [0.25, 0.3) is 0 Å². The first-order valence-electron chi connectivity index (χ1n) is 9.51. The Morgan fingerprint density at radius 3 is 2.84 bits per heavy atom. The Bertz CT molecular complexity index is 625. The average Bonchev–Trinajstić information content (AvgIpc) is 3.10. The van der Waals surface area contributed by atoms with Gasteiger partial charge in [-0.3, -0.25) is 4.40 Å². The molecule has 0 spiro atoms. The summed E-state index contributed by atoms with van der Waals surface area (Å²) in [6.07, 6.45) is 10.8. The molecule has 1 fully saturated rings.